The molecule has 0 spiro atoms. The van der Waals surface area contributed by atoms with Crippen LogP contribution in [0.1, 0.15) is 26.2 Å². The minimum atomic E-state index is -0.514. The van der Waals surface area contributed by atoms with Crippen LogP contribution < -0.4 is 4.90 Å². The zero-order valence-corrected chi connectivity index (χ0v) is 17.2. The van der Waals surface area contributed by atoms with Crippen LogP contribution in [0.4, 0.5) is 5.82 Å². The molecule has 3 aliphatic rings. The van der Waals surface area contributed by atoms with Gasteiger partial charge in [0.1, 0.15) is 5.82 Å². The molecule has 1 aromatic rings. The molecule has 2 unspecified atom stereocenters. The molecule has 0 bridgehead atoms. The molecule has 2 aliphatic heterocycles. The Kier molecular flexibility index (Phi) is 6.40. The number of imide groups is 1. The lowest BCUT2D eigenvalue weighted by Crippen LogP contribution is -2.47. The summed E-state index contributed by atoms with van der Waals surface area (Å²) >= 11 is 0. The van der Waals surface area contributed by atoms with Crippen molar-refractivity contribution in [3.05, 3.63) is 36.5 Å². The number of anilines is 1. The van der Waals surface area contributed by atoms with Gasteiger partial charge >= 0.3 is 0 Å². The number of nitrogens with zero attached hydrogens (tertiary/aromatic N) is 4. The van der Waals surface area contributed by atoms with Gasteiger partial charge in [0.15, 0.2) is 0 Å². The molecule has 1 aliphatic carbocycles. The molecule has 0 radical (unpaired) electrons. The number of amides is 2. The van der Waals surface area contributed by atoms with Gasteiger partial charge in [0.05, 0.1) is 11.3 Å². The van der Waals surface area contributed by atoms with E-state index in [-0.39, 0.29) is 30.1 Å². The SMILES string of the molecule is CC12CC=CCC1C(=O)N(CCCN1CCN(c3ccccn3)CC1)C2=O.Cl. The van der Waals surface area contributed by atoms with E-state index >= 15 is 0 Å². The van der Waals surface area contributed by atoms with Crippen molar-refractivity contribution in [2.24, 2.45) is 11.3 Å². The smallest absolute Gasteiger partial charge is 0.236 e. The summed E-state index contributed by atoms with van der Waals surface area (Å²) < 4.78 is 0. The predicted molar refractivity (Wildman–Crippen MR) is 111 cm³/mol. The second-order valence-electron chi connectivity index (χ2n) is 8.05. The van der Waals surface area contributed by atoms with Crippen molar-refractivity contribution in [3.8, 4) is 0 Å². The molecule has 2 fully saturated rings. The highest BCUT2D eigenvalue weighted by Gasteiger charge is 2.55. The summed E-state index contributed by atoms with van der Waals surface area (Å²) in [5.74, 6) is 0.945. The fourth-order valence-corrected chi connectivity index (χ4v) is 4.57. The summed E-state index contributed by atoms with van der Waals surface area (Å²) in [6.45, 7) is 7.33. The highest BCUT2D eigenvalue weighted by molar-refractivity contribution is 6.07. The number of halogens is 1. The molecule has 3 heterocycles. The van der Waals surface area contributed by atoms with Crippen LogP contribution in [0, 0.1) is 11.3 Å². The lowest BCUT2D eigenvalue weighted by molar-refractivity contribution is -0.141. The van der Waals surface area contributed by atoms with Gasteiger partial charge in [0.25, 0.3) is 0 Å². The standard InChI is InChI=1S/C21H28N4O2.ClH/c1-21-9-4-2-7-17(21)19(26)25(20(21)27)12-6-11-23-13-15-24(16-14-23)18-8-3-5-10-22-18;/h2-5,8,10,17H,6-7,9,11-16H2,1H3;1H. The van der Waals surface area contributed by atoms with Gasteiger partial charge in [0.2, 0.25) is 11.8 Å². The third-order valence-electron chi connectivity index (χ3n) is 6.35. The van der Waals surface area contributed by atoms with E-state index in [4.69, 9.17) is 0 Å². The number of fused-ring (bicyclic) bond motifs is 1. The molecular formula is C21H29ClN4O2. The maximum atomic E-state index is 12.8. The summed E-state index contributed by atoms with van der Waals surface area (Å²) in [6, 6.07) is 6.01. The number of pyridine rings is 1. The first kappa shape index (κ1) is 20.8. The number of carbonyl (C=O) groups is 2. The summed E-state index contributed by atoms with van der Waals surface area (Å²) in [4.78, 5) is 36.2. The number of piperazine rings is 1. The summed E-state index contributed by atoms with van der Waals surface area (Å²) in [5.41, 5.74) is -0.514. The van der Waals surface area contributed by atoms with Crippen LogP contribution in [0.2, 0.25) is 0 Å². The van der Waals surface area contributed by atoms with Crippen LogP contribution in [-0.2, 0) is 9.59 Å². The van der Waals surface area contributed by atoms with Gasteiger partial charge in [-0.25, -0.2) is 4.98 Å². The first-order valence-corrected chi connectivity index (χ1v) is 9.99. The second kappa shape index (κ2) is 8.62. The number of allylic oxidation sites excluding steroid dienone is 2. The summed E-state index contributed by atoms with van der Waals surface area (Å²) in [6.07, 6.45) is 8.16. The van der Waals surface area contributed by atoms with Gasteiger partial charge in [-0.1, -0.05) is 18.2 Å². The average molecular weight is 405 g/mol. The van der Waals surface area contributed by atoms with Gasteiger partial charge in [-0.15, -0.1) is 12.4 Å². The van der Waals surface area contributed by atoms with Gasteiger partial charge in [-0.05, 0) is 44.9 Å². The average Bonchev–Trinajstić information content (AvgIpc) is 2.90. The normalized spacial score (nSPS) is 27.7. The van der Waals surface area contributed by atoms with Gasteiger partial charge in [-0.2, -0.15) is 0 Å². The van der Waals surface area contributed by atoms with Crippen LogP contribution in [-0.4, -0.2) is 65.9 Å². The van der Waals surface area contributed by atoms with Crippen molar-refractivity contribution in [2.75, 3.05) is 44.2 Å². The lowest BCUT2D eigenvalue weighted by atomic mass is 9.72. The van der Waals surface area contributed by atoms with E-state index in [0.717, 1.165) is 45.0 Å². The Balaban J connectivity index is 0.00000225. The Morgan fingerprint density at radius 2 is 1.89 bits per heavy atom. The summed E-state index contributed by atoms with van der Waals surface area (Å²) in [5, 5.41) is 0. The molecule has 0 aromatic carbocycles. The zero-order chi connectivity index (χ0) is 18.9. The fraction of sp³-hybridized carbons (Fsp3) is 0.571. The highest BCUT2D eigenvalue weighted by atomic mass is 35.5. The van der Waals surface area contributed by atoms with E-state index in [1.807, 2.05) is 37.4 Å². The monoisotopic (exact) mass is 404 g/mol. The van der Waals surface area contributed by atoms with Crippen molar-refractivity contribution in [3.63, 3.8) is 0 Å². The van der Waals surface area contributed by atoms with E-state index in [1.54, 1.807) is 0 Å². The molecule has 4 rings (SSSR count). The Morgan fingerprint density at radius 1 is 1.11 bits per heavy atom. The number of likely N-dealkylation sites (tertiary alicyclic amines) is 1. The second-order valence-corrected chi connectivity index (χ2v) is 8.05. The van der Waals surface area contributed by atoms with Crippen LogP contribution >= 0.6 is 12.4 Å². The molecule has 0 saturated carbocycles. The maximum Gasteiger partial charge on any atom is 0.236 e. The van der Waals surface area contributed by atoms with Crippen molar-refractivity contribution in [1.29, 1.82) is 0 Å². The third kappa shape index (κ3) is 3.80. The van der Waals surface area contributed by atoms with E-state index < -0.39 is 5.41 Å². The Bertz CT molecular complexity index is 733. The van der Waals surface area contributed by atoms with Crippen LogP contribution in [0.3, 0.4) is 0 Å². The number of hydrogen-bond donors (Lipinski definition) is 0. The van der Waals surface area contributed by atoms with Crippen molar-refractivity contribution in [2.45, 2.75) is 26.2 Å². The minimum Gasteiger partial charge on any atom is -0.354 e. The molecule has 152 valence electrons. The minimum absolute atomic E-state index is 0. The quantitative estimate of drug-likeness (QED) is 0.557. The van der Waals surface area contributed by atoms with Crippen molar-refractivity contribution < 1.29 is 9.59 Å². The topological polar surface area (TPSA) is 56.8 Å². The van der Waals surface area contributed by atoms with E-state index in [0.29, 0.717) is 19.4 Å². The van der Waals surface area contributed by atoms with E-state index in [9.17, 15) is 9.59 Å². The van der Waals surface area contributed by atoms with Gasteiger partial charge in [0, 0.05) is 38.9 Å². The van der Waals surface area contributed by atoms with E-state index in [2.05, 4.69) is 20.9 Å². The van der Waals surface area contributed by atoms with Crippen molar-refractivity contribution >= 4 is 30.0 Å². The summed E-state index contributed by atoms with van der Waals surface area (Å²) in [7, 11) is 0. The number of carbonyl (C=O) groups excluding carboxylic acids is 2. The Hall–Kier alpha value is -1.92. The molecule has 0 N–H and O–H groups in total. The van der Waals surface area contributed by atoms with Crippen molar-refractivity contribution in [1.82, 2.24) is 14.8 Å². The van der Waals surface area contributed by atoms with E-state index in [1.165, 1.54) is 4.90 Å². The largest absolute Gasteiger partial charge is 0.354 e. The van der Waals surface area contributed by atoms with Gasteiger partial charge < -0.3 is 4.90 Å². The zero-order valence-electron chi connectivity index (χ0n) is 16.4. The first-order chi connectivity index (χ1) is 13.1. The third-order valence-corrected chi connectivity index (χ3v) is 6.35. The number of hydrogen-bond acceptors (Lipinski definition) is 5. The lowest BCUT2D eigenvalue weighted by Gasteiger charge is -2.35. The van der Waals surface area contributed by atoms with Gasteiger partial charge in [-0.3, -0.25) is 19.4 Å². The first-order valence-electron chi connectivity index (χ1n) is 9.99. The van der Waals surface area contributed by atoms with Crippen LogP contribution in [0.25, 0.3) is 0 Å². The molecule has 2 amide bonds. The molecule has 28 heavy (non-hydrogen) atoms. The Labute approximate surface area is 173 Å². The maximum absolute atomic E-state index is 12.8. The number of aromatic nitrogens is 1. The molecule has 2 saturated heterocycles. The molecule has 7 heteroatoms. The fourth-order valence-electron chi connectivity index (χ4n) is 4.57. The molecule has 2 atom stereocenters. The Morgan fingerprint density at radius 3 is 2.57 bits per heavy atom. The predicted octanol–water partition coefficient (Wildman–Crippen LogP) is 2.36. The number of rotatable bonds is 5. The molecule has 6 nitrogen and oxygen atoms in total. The highest BCUT2D eigenvalue weighted by Crippen LogP contribution is 2.45. The van der Waals surface area contributed by atoms with Crippen LogP contribution in [0.15, 0.2) is 36.5 Å². The molecular weight excluding hydrogens is 376 g/mol. The molecule has 1 aromatic heterocycles. The van der Waals surface area contributed by atoms with Crippen LogP contribution in [0.5, 0.6) is 0 Å².